The molecule has 0 unspecified atom stereocenters. The molecule has 1 fully saturated rings. The average molecular weight is 430 g/mol. The maximum atomic E-state index is 12.7. The molecule has 2 atom stereocenters. The number of aryl methyl sites for hydroxylation is 2. The second-order valence-electron chi connectivity index (χ2n) is 9.04. The lowest BCUT2D eigenvalue weighted by atomic mass is 9.92. The average Bonchev–Trinajstić information content (AvgIpc) is 3.24. The zero-order chi connectivity index (χ0) is 22.8. The number of hydrogen-bond donors (Lipinski definition) is 2. The fourth-order valence-corrected chi connectivity index (χ4v) is 3.95. The first-order valence-electron chi connectivity index (χ1n) is 10.9. The molecule has 8 nitrogen and oxygen atoms in total. The van der Waals surface area contributed by atoms with Crippen LogP contribution in [0.3, 0.4) is 0 Å². The molecule has 0 spiro atoms. The second kappa shape index (κ2) is 9.08. The SMILES string of the molecule is CC(C)CC[C@]1(C)NC(=O)N(CC(=O)O[C@H](C)C(=O)Nc2ccc3c(c2)CCC3)C1=O. The van der Waals surface area contributed by atoms with Gasteiger partial charge < -0.3 is 15.4 Å². The molecule has 0 radical (unpaired) electrons. The van der Waals surface area contributed by atoms with Gasteiger partial charge in [0.1, 0.15) is 12.1 Å². The zero-order valence-electron chi connectivity index (χ0n) is 18.6. The van der Waals surface area contributed by atoms with E-state index in [1.54, 1.807) is 6.92 Å². The van der Waals surface area contributed by atoms with Crippen molar-refractivity contribution < 1.29 is 23.9 Å². The van der Waals surface area contributed by atoms with Gasteiger partial charge in [-0.05, 0) is 75.1 Å². The van der Waals surface area contributed by atoms with Gasteiger partial charge in [-0.2, -0.15) is 0 Å². The van der Waals surface area contributed by atoms with Crippen LogP contribution in [0, 0.1) is 5.92 Å². The summed E-state index contributed by atoms with van der Waals surface area (Å²) in [6.45, 7) is 6.66. The van der Waals surface area contributed by atoms with Crippen molar-refractivity contribution in [2.75, 3.05) is 11.9 Å². The number of fused-ring (bicyclic) bond motifs is 1. The summed E-state index contributed by atoms with van der Waals surface area (Å²) in [4.78, 5) is 50.5. The minimum atomic E-state index is -1.06. The molecule has 2 aliphatic rings. The largest absolute Gasteiger partial charge is 0.451 e. The first-order chi connectivity index (χ1) is 14.6. The van der Waals surface area contributed by atoms with Crippen LogP contribution in [0.4, 0.5) is 10.5 Å². The molecule has 1 aliphatic carbocycles. The van der Waals surface area contributed by atoms with Crippen LogP contribution in [0.2, 0.25) is 0 Å². The van der Waals surface area contributed by atoms with Crippen LogP contribution in [0.5, 0.6) is 0 Å². The Hall–Kier alpha value is -2.90. The highest BCUT2D eigenvalue weighted by atomic mass is 16.5. The normalized spacial score (nSPS) is 21.1. The number of carbonyl (C=O) groups is 4. The van der Waals surface area contributed by atoms with E-state index in [-0.39, 0.29) is 0 Å². The molecule has 2 N–H and O–H groups in total. The number of anilines is 1. The number of carbonyl (C=O) groups excluding carboxylic acids is 4. The van der Waals surface area contributed by atoms with Gasteiger partial charge >= 0.3 is 12.0 Å². The van der Waals surface area contributed by atoms with E-state index in [1.165, 1.54) is 18.1 Å². The van der Waals surface area contributed by atoms with Crippen molar-refractivity contribution in [2.45, 2.75) is 71.4 Å². The lowest BCUT2D eigenvalue weighted by Gasteiger charge is -2.22. The zero-order valence-corrected chi connectivity index (χ0v) is 18.6. The summed E-state index contributed by atoms with van der Waals surface area (Å²) < 4.78 is 5.18. The minimum absolute atomic E-state index is 0.380. The van der Waals surface area contributed by atoms with E-state index in [2.05, 4.69) is 10.6 Å². The van der Waals surface area contributed by atoms with E-state index in [9.17, 15) is 19.2 Å². The molecular formula is C23H31N3O5. The number of urea groups is 1. The van der Waals surface area contributed by atoms with Crippen molar-refractivity contribution in [1.29, 1.82) is 0 Å². The molecule has 4 amide bonds. The van der Waals surface area contributed by atoms with Crippen LogP contribution in [0.1, 0.15) is 58.1 Å². The summed E-state index contributed by atoms with van der Waals surface area (Å²) in [5, 5.41) is 5.42. The molecule has 1 aromatic carbocycles. The van der Waals surface area contributed by atoms with Crippen molar-refractivity contribution in [1.82, 2.24) is 10.2 Å². The van der Waals surface area contributed by atoms with Gasteiger partial charge in [-0.25, -0.2) is 4.79 Å². The fraction of sp³-hybridized carbons (Fsp3) is 0.565. The maximum Gasteiger partial charge on any atom is 0.327 e. The Kier molecular flexibility index (Phi) is 6.67. The van der Waals surface area contributed by atoms with Crippen LogP contribution in [0.15, 0.2) is 18.2 Å². The molecule has 0 aromatic heterocycles. The Morgan fingerprint density at radius 2 is 1.90 bits per heavy atom. The molecule has 31 heavy (non-hydrogen) atoms. The van der Waals surface area contributed by atoms with Gasteiger partial charge in [0.05, 0.1) is 0 Å². The van der Waals surface area contributed by atoms with Crippen molar-refractivity contribution in [3.8, 4) is 0 Å². The lowest BCUT2D eigenvalue weighted by Crippen LogP contribution is -2.44. The molecule has 8 heteroatoms. The number of esters is 1. The molecule has 3 rings (SSSR count). The third-order valence-corrected chi connectivity index (χ3v) is 5.90. The quantitative estimate of drug-likeness (QED) is 0.488. The molecule has 1 aliphatic heterocycles. The van der Waals surface area contributed by atoms with Crippen LogP contribution >= 0.6 is 0 Å². The smallest absolute Gasteiger partial charge is 0.327 e. The van der Waals surface area contributed by atoms with E-state index >= 15 is 0 Å². The van der Waals surface area contributed by atoms with Crippen LogP contribution in [-0.2, 0) is 32.0 Å². The van der Waals surface area contributed by atoms with Crippen LogP contribution in [0.25, 0.3) is 0 Å². The molecular weight excluding hydrogens is 398 g/mol. The van der Waals surface area contributed by atoms with Gasteiger partial charge in [0.25, 0.3) is 11.8 Å². The van der Waals surface area contributed by atoms with Gasteiger partial charge in [-0.15, -0.1) is 0 Å². The Labute approximate surface area is 182 Å². The van der Waals surface area contributed by atoms with E-state index in [0.717, 1.165) is 30.6 Å². The predicted octanol–water partition coefficient (Wildman–Crippen LogP) is 2.79. The standard InChI is InChI=1S/C23H31N3O5/c1-14(2)10-11-23(4)21(29)26(22(30)25-23)13-19(27)31-15(3)20(28)24-18-9-8-16-6-5-7-17(16)12-18/h8-9,12,14-15H,5-7,10-11,13H2,1-4H3,(H,24,28)(H,25,30)/t15-,23+/m1/s1. The van der Waals surface area contributed by atoms with E-state index < -0.39 is 42.0 Å². The highest BCUT2D eigenvalue weighted by Gasteiger charge is 2.48. The number of ether oxygens (including phenoxy) is 1. The Balaban J connectivity index is 1.53. The maximum absolute atomic E-state index is 12.7. The summed E-state index contributed by atoms with van der Waals surface area (Å²) >= 11 is 0. The molecule has 1 aromatic rings. The topological polar surface area (TPSA) is 105 Å². The Morgan fingerprint density at radius 3 is 2.61 bits per heavy atom. The molecule has 1 saturated heterocycles. The molecule has 168 valence electrons. The number of benzene rings is 1. The highest BCUT2D eigenvalue weighted by Crippen LogP contribution is 2.26. The van der Waals surface area contributed by atoms with Gasteiger partial charge in [-0.1, -0.05) is 19.9 Å². The molecule has 0 bridgehead atoms. The minimum Gasteiger partial charge on any atom is -0.451 e. The molecule has 0 saturated carbocycles. The first kappa shape index (κ1) is 22.8. The van der Waals surface area contributed by atoms with Crippen LogP contribution in [-0.4, -0.2) is 46.9 Å². The summed E-state index contributed by atoms with van der Waals surface area (Å²) in [7, 11) is 0. The van der Waals surface area contributed by atoms with Gasteiger partial charge in [0.2, 0.25) is 0 Å². The number of rotatable bonds is 8. The van der Waals surface area contributed by atoms with Gasteiger partial charge in [0.15, 0.2) is 6.10 Å². The number of nitrogens with one attached hydrogen (secondary N) is 2. The van der Waals surface area contributed by atoms with Gasteiger partial charge in [0, 0.05) is 5.69 Å². The third-order valence-electron chi connectivity index (χ3n) is 5.90. The van der Waals surface area contributed by atoms with E-state index in [4.69, 9.17) is 4.74 Å². The van der Waals surface area contributed by atoms with Crippen molar-refractivity contribution in [3.63, 3.8) is 0 Å². The lowest BCUT2D eigenvalue weighted by molar-refractivity contribution is -0.155. The first-order valence-corrected chi connectivity index (χ1v) is 10.9. The summed E-state index contributed by atoms with van der Waals surface area (Å²) in [5.74, 6) is -1.35. The van der Waals surface area contributed by atoms with E-state index in [0.29, 0.717) is 18.0 Å². The fourth-order valence-electron chi connectivity index (χ4n) is 3.95. The summed E-state index contributed by atoms with van der Waals surface area (Å²) in [6, 6.07) is 5.16. The van der Waals surface area contributed by atoms with E-state index in [1.807, 2.05) is 32.0 Å². The third kappa shape index (κ3) is 5.24. The Morgan fingerprint density at radius 1 is 1.19 bits per heavy atom. The summed E-state index contributed by atoms with van der Waals surface area (Å²) in [5.41, 5.74) is 2.15. The summed E-state index contributed by atoms with van der Waals surface area (Å²) in [6.07, 6.45) is 3.35. The number of nitrogens with zero attached hydrogens (tertiary/aromatic N) is 1. The van der Waals surface area contributed by atoms with Gasteiger partial charge in [-0.3, -0.25) is 19.3 Å². The predicted molar refractivity (Wildman–Crippen MR) is 115 cm³/mol. The van der Waals surface area contributed by atoms with Crippen molar-refractivity contribution >= 4 is 29.5 Å². The number of amides is 4. The molecule has 1 heterocycles. The number of hydrogen-bond acceptors (Lipinski definition) is 5. The van der Waals surface area contributed by atoms with Crippen molar-refractivity contribution in [2.24, 2.45) is 5.92 Å². The van der Waals surface area contributed by atoms with Crippen molar-refractivity contribution in [3.05, 3.63) is 29.3 Å². The monoisotopic (exact) mass is 429 g/mol. The van der Waals surface area contributed by atoms with Crippen LogP contribution < -0.4 is 10.6 Å². The number of imide groups is 1. The Bertz CT molecular complexity index is 897. The second-order valence-corrected chi connectivity index (χ2v) is 9.04. The highest BCUT2D eigenvalue weighted by molar-refractivity contribution is 6.08.